The van der Waals surface area contributed by atoms with Crippen molar-refractivity contribution in [2.75, 3.05) is 6.61 Å². The SMILES string of the molecule is CCC(C)CCCCCCCCCCO.O=S(=O)(O)O. The third kappa shape index (κ3) is 30.7. The predicted molar refractivity (Wildman–Crippen MR) is 82.3 cm³/mol. The summed E-state index contributed by atoms with van der Waals surface area (Å²) in [6.07, 6.45) is 13.3. The minimum atomic E-state index is -4.67. The smallest absolute Gasteiger partial charge is 0.394 e. The van der Waals surface area contributed by atoms with Crippen LogP contribution >= 0.6 is 0 Å². The van der Waals surface area contributed by atoms with Crippen LogP contribution in [0.4, 0.5) is 0 Å². The second-order valence-corrected chi connectivity index (χ2v) is 6.20. The zero-order valence-corrected chi connectivity index (χ0v) is 13.7. The molecule has 0 saturated heterocycles. The van der Waals surface area contributed by atoms with E-state index in [4.69, 9.17) is 22.6 Å². The Balaban J connectivity index is 0. The lowest BCUT2D eigenvalue weighted by molar-refractivity contribution is 0.282. The third-order valence-electron chi connectivity index (χ3n) is 3.30. The van der Waals surface area contributed by atoms with Crippen molar-refractivity contribution in [1.82, 2.24) is 0 Å². The molecule has 0 radical (unpaired) electrons. The van der Waals surface area contributed by atoms with Gasteiger partial charge in [0.25, 0.3) is 0 Å². The average Bonchev–Trinajstić information content (AvgIpc) is 2.34. The Morgan fingerprint density at radius 2 is 1.20 bits per heavy atom. The summed E-state index contributed by atoms with van der Waals surface area (Å²) in [5.41, 5.74) is 0. The van der Waals surface area contributed by atoms with Gasteiger partial charge >= 0.3 is 10.4 Å². The first-order valence-electron chi connectivity index (χ1n) is 7.62. The average molecular weight is 312 g/mol. The Hall–Kier alpha value is -0.170. The molecule has 0 amide bonds. The predicted octanol–water partition coefficient (Wildman–Crippen LogP) is 3.88. The van der Waals surface area contributed by atoms with Crippen LogP contribution in [0, 0.1) is 5.92 Å². The molecule has 1 unspecified atom stereocenters. The van der Waals surface area contributed by atoms with Gasteiger partial charge < -0.3 is 5.11 Å². The topological polar surface area (TPSA) is 94.8 Å². The summed E-state index contributed by atoms with van der Waals surface area (Å²) in [4.78, 5) is 0. The van der Waals surface area contributed by atoms with Crippen LogP contribution in [-0.2, 0) is 10.4 Å². The molecule has 0 aromatic rings. The van der Waals surface area contributed by atoms with E-state index in [1.807, 2.05) is 0 Å². The van der Waals surface area contributed by atoms with E-state index in [0.29, 0.717) is 6.61 Å². The summed E-state index contributed by atoms with van der Waals surface area (Å²) in [6.45, 7) is 5.01. The quantitative estimate of drug-likeness (QED) is 0.397. The van der Waals surface area contributed by atoms with Crippen molar-refractivity contribution in [2.45, 2.75) is 78.1 Å². The summed E-state index contributed by atoms with van der Waals surface area (Å²) in [5.74, 6) is 0.926. The standard InChI is InChI=1S/C14H30O.H2O4S/c1-3-14(2)12-10-8-6-4-5-7-9-11-13-15;1-5(2,3)4/h14-15H,3-13H2,1-2H3;(H2,1,2,3,4). The van der Waals surface area contributed by atoms with Gasteiger partial charge in [-0.1, -0.05) is 71.6 Å². The van der Waals surface area contributed by atoms with Crippen molar-refractivity contribution < 1.29 is 22.6 Å². The van der Waals surface area contributed by atoms with Gasteiger partial charge in [0, 0.05) is 6.61 Å². The summed E-state index contributed by atoms with van der Waals surface area (Å²) in [5, 5.41) is 8.61. The molecular weight excluding hydrogens is 280 g/mol. The van der Waals surface area contributed by atoms with Gasteiger partial charge in [0.2, 0.25) is 0 Å². The van der Waals surface area contributed by atoms with Crippen LogP contribution in [0.3, 0.4) is 0 Å². The van der Waals surface area contributed by atoms with Crippen molar-refractivity contribution in [3.63, 3.8) is 0 Å². The second-order valence-electron chi connectivity index (χ2n) is 5.30. The van der Waals surface area contributed by atoms with Gasteiger partial charge in [0.15, 0.2) is 0 Å². The minimum absolute atomic E-state index is 0.370. The van der Waals surface area contributed by atoms with Crippen molar-refractivity contribution in [1.29, 1.82) is 0 Å². The van der Waals surface area contributed by atoms with E-state index >= 15 is 0 Å². The monoisotopic (exact) mass is 312 g/mol. The largest absolute Gasteiger partial charge is 0.396 e. The molecule has 0 heterocycles. The molecule has 20 heavy (non-hydrogen) atoms. The molecule has 0 aromatic heterocycles. The molecule has 0 aromatic carbocycles. The second kappa shape index (κ2) is 15.2. The number of unbranched alkanes of at least 4 members (excludes halogenated alkanes) is 7. The van der Waals surface area contributed by atoms with E-state index in [1.54, 1.807) is 0 Å². The number of aliphatic hydroxyl groups is 1. The van der Waals surface area contributed by atoms with Gasteiger partial charge in [0.1, 0.15) is 0 Å². The summed E-state index contributed by atoms with van der Waals surface area (Å²) < 4.78 is 31.6. The molecule has 0 saturated carbocycles. The molecule has 0 rings (SSSR count). The van der Waals surface area contributed by atoms with Crippen molar-refractivity contribution in [3.05, 3.63) is 0 Å². The van der Waals surface area contributed by atoms with Crippen LogP contribution in [-0.4, -0.2) is 29.2 Å². The van der Waals surface area contributed by atoms with Crippen molar-refractivity contribution >= 4 is 10.4 Å². The Kier molecular flexibility index (Phi) is 16.8. The maximum atomic E-state index is 8.74. The first-order valence-corrected chi connectivity index (χ1v) is 9.01. The lowest BCUT2D eigenvalue weighted by Gasteiger charge is -2.07. The molecule has 6 heteroatoms. The Morgan fingerprint density at radius 1 is 0.850 bits per heavy atom. The van der Waals surface area contributed by atoms with Crippen molar-refractivity contribution in [3.8, 4) is 0 Å². The lowest BCUT2D eigenvalue weighted by atomic mass is 10.00. The van der Waals surface area contributed by atoms with Gasteiger partial charge in [-0.15, -0.1) is 0 Å². The first kappa shape index (κ1) is 22.1. The normalized spacial score (nSPS) is 12.7. The van der Waals surface area contributed by atoms with Crippen LogP contribution in [0.15, 0.2) is 0 Å². The fourth-order valence-corrected chi connectivity index (χ4v) is 1.87. The Bertz CT molecular complexity index is 269. The summed E-state index contributed by atoms with van der Waals surface area (Å²) in [7, 11) is -4.67. The van der Waals surface area contributed by atoms with E-state index in [2.05, 4.69) is 13.8 Å². The van der Waals surface area contributed by atoms with Gasteiger partial charge in [-0.3, -0.25) is 9.11 Å². The molecule has 0 aliphatic heterocycles. The fraction of sp³-hybridized carbons (Fsp3) is 1.00. The molecule has 0 bridgehead atoms. The van der Waals surface area contributed by atoms with Crippen molar-refractivity contribution in [2.24, 2.45) is 5.92 Å². The van der Waals surface area contributed by atoms with E-state index in [0.717, 1.165) is 12.3 Å². The molecular formula is C14H32O5S. The summed E-state index contributed by atoms with van der Waals surface area (Å²) in [6, 6.07) is 0. The first-order chi connectivity index (χ1) is 9.31. The van der Waals surface area contributed by atoms with Crippen LogP contribution in [0.2, 0.25) is 0 Å². The molecule has 0 spiro atoms. The fourth-order valence-electron chi connectivity index (χ4n) is 1.87. The minimum Gasteiger partial charge on any atom is -0.396 e. The van der Waals surface area contributed by atoms with E-state index in [-0.39, 0.29) is 0 Å². The maximum Gasteiger partial charge on any atom is 0.394 e. The van der Waals surface area contributed by atoms with E-state index in [9.17, 15) is 0 Å². The van der Waals surface area contributed by atoms with Crippen LogP contribution in [0.1, 0.15) is 78.1 Å². The number of aliphatic hydroxyl groups excluding tert-OH is 1. The highest BCUT2D eigenvalue weighted by molar-refractivity contribution is 7.79. The molecule has 0 aliphatic rings. The third-order valence-corrected chi connectivity index (χ3v) is 3.30. The van der Waals surface area contributed by atoms with Gasteiger partial charge in [-0.05, 0) is 12.3 Å². The molecule has 0 aliphatic carbocycles. The Labute approximate surface area is 124 Å². The van der Waals surface area contributed by atoms with Gasteiger partial charge in [0.05, 0.1) is 0 Å². The summed E-state index contributed by atoms with van der Waals surface area (Å²) >= 11 is 0. The maximum absolute atomic E-state index is 8.74. The van der Waals surface area contributed by atoms with Crippen LogP contribution in [0.25, 0.3) is 0 Å². The molecule has 3 N–H and O–H groups in total. The number of rotatable bonds is 11. The zero-order chi connectivity index (χ0) is 15.9. The highest BCUT2D eigenvalue weighted by atomic mass is 32.3. The Morgan fingerprint density at radius 3 is 1.55 bits per heavy atom. The molecule has 124 valence electrons. The van der Waals surface area contributed by atoms with E-state index in [1.165, 1.54) is 57.8 Å². The molecule has 0 fully saturated rings. The highest BCUT2D eigenvalue weighted by Crippen LogP contribution is 2.14. The van der Waals surface area contributed by atoms with Gasteiger partial charge in [-0.2, -0.15) is 8.42 Å². The number of hydrogen-bond acceptors (Lipinski definition) is 3. The molecule has 1 atom stereocenters. The highest BCUT2D eigenvalue weighted by Gasteiger charge is 1.97. The number of hydrogen-bond donors (Lipinski definition) is 3. The lowest BCUT2D eigenvalue weighted by Crippen LogP contribution is -1.91. The zero-order valence-electron chi connectivity index (χ0n) is 12.9. The van der Waals surface area contributed by atoms with E-state index < -0.39 is 10.4 Å². The molecule has 5 nitrogen and oxygen atoms in total. The van der Waals surface area contributed by atoms with Crippen LogP contribution in [0.5, 0.6) is 0 Å². The van der Waals surface area contributed by atoms with Gasteiger partial charge in [-0.25, -0.2) is 0 Å². The van der Waals surface area contributed by atoms with Crippen LogP contribution < -0.4 is 0 Å².